The Labute approximate surface area is 137 Å². The van der Waals surface area contributed by atoms with Crippen LogP contribution in [0.3, 0.4) is 0 Å². The first-order valence-corrected chi connectivity index (χ1v) is 8.69. The normalized spacial score (nSPS) is 21.0. The molecule has 6 nitrogen and oxygen atoms in total. The van der Waals surface area contributed by atoms with E-state index in [1.54, 1.807) is 6.20 Å². The molecule has 1 spiro atoms. The SMILES string of the molecule is O=C1CCC2(CCN1)CCN(C(=O)CCCn1cccn1)CC2. The molecule has 1 aromatic rings. The van der Waals surface area contributed by atoms with Crippen molar-refractivity contribution in [1.82, 2.24) is 20.0 Å². The van der Waals surface area contributed by atoms with Gasteiger partial charge in [0.1, 0.15) is 0 Å². The van der Waals surface area contributed by atoms with Crippen molar-refractivity contribution in [3.8, 4) is 0 Å². The van der Waals surface area contributed by atoms with Crippen LogP contribution in [0.4, 0.5) is 0 Å². The molecule has 0 aromatic carbocycles. The van der Waals surface area contributed by atoms with Crippen LogP contribution in [0, 0.1) is 5.41 Å². The highest BCUT2D eigenvalue weighted by molar-refractivity contribution is 5.77. The van der Waals surface area contributed by atoms with Crippen LogP contribution < -0.4 is 5.32 Å². The second-order valence-electron chi connectivity index (χ2n) is 6.85. The summed E-state index contributed by atoms with van der Waals surface area (Å²) in [6.45, 7) is 3.27. The molecule has 0 aliphatic carbocycles. The van der Waals surface area contributed by atoms with Crippen LogP contribution in [0.5, 0.6) is 0 Å². The minimum atomic E-state index is 0.180. The van der Waals surface area contributed by atoms with Crippen molar-refractivity contribution in [3.63, 3.8) is 0 Å². The maximum atomic E-state index is 12.3. The van der Waals surface area contributed by atoms with Crippen LogP contribution in [0.25, 0.3) is 0 Å². The van der Waals surface area contributed by atoms with Gasteiger partial charge in [-0.3, -0.25) is 14.3 Å². The van der Waals surface area contributed by atoms with E-state index in [2.05, 4.69) is 10.4 Å². The Morgan fingerprint density at radius 3 is 2.83 bits per heavy atom. The second kappa shape index (κ2) is 7.15. The molecule has 126 valence electrons. The number of aromatic nitrogens is 2. The quantitative estimate of drug-likeness (QED) is 0.916. The monoisotopic (exact) mass is 318 g/mol. The van der Waals surface area contributed by atoms with E-state index >= 15 is 0 Å². The Morgan fingerprint density at radius 2 is 2.09 bits per heavy atom. The topological polar surface area (TPSA) is 67.2 Å². The van der Waals surface area contributed by atoms with Crippen molar-refractivity contribution >= 4 is 11.8 Å². The zero-order chi connectivity index (χ0) is 16.1. The number of nitrogens with zero attached hydrogens (tertiary/aromatic N) is 3. The lowest BCUT2D eigenvalue weighted by Crippen LogP contribution is -2.43. The molecule has 2 amide bonds. The van der Waals surface area contributed by atoms with Gasteiger partial charge in [-0.2, -0.15) is 5.10 Å². The predicted molar refractivity (Wildman–Crippen MR) is 86.6 cm³/mol. The molecule has 1 N–H and O–H groups in total. The number of carbonyl (C=O) groups excluding carboxylic acids is 2. The van der Waals surface area contributed by atoms with Gasteiger partial charge in [0.15, 0.2) is 0 Å². The van der Waals surface area contributed by atoms with Gasteiger partial charge in [-0.1, -0.05) is 0 Å². The van der Waals surface area contributed by atoms with Crippen LogP contribution >= 0.6 is 0 Å². The molecule has 3 heterocycles. The van der Waals surface area contributed by atoms with Crippen molar-refractivity contribution < 1.29 is 9.59 Å². The predicted octanol–water partition coefficient (Wildman–Crippen LogP) is 1.57. The molecular weight excluding hydrogens is 292 g/mol. The highest BCUT2D eigenvalue weighted by atomic mass is 16.2. The highest BCUT2D eigenvalue weighted by Crippen LogP contribution is 2.40. The number of carbonyl (C=O) groups is 2. The number of nitrogens with one attached hydrogen (secondary N) is 1. The first-order valence-electron chi connectivity index (χ1n) is 8.69. The van der Waals surface area contributed by atoms with E-state index in [0.29, 0.717) is 12.8 Å². The molecular formula is C17H26N4O2. The Hall–Kier alpha value is -1.85. The van der Waals surface area contributed by atoms with Gasteiger partial charge in [0.05, 0.1) is 0 Å². The lowest BCUT2D eigenvalue weighted by molar-refractivity contribution is -0.134. The van der Waals surface area contributed by atoms with Crippen LogP contribution in [-0.2, 0) is 16.1 Å². The van der Waals surface area contributed by atoms with Crippen LogP contribution in [0.15, 0.2) is 18.5 Å². The Balaban J connectivity index is 1.42. The summed E-state index contributed by atoms with van der Waals surface area (Å²) in [4.78, 5) is 25.9. The minimum Gasteiger partial charge on any atom is -0.356 e. The van der Waals surface area contributed by atoms with Gasteiger partial charge < -0.3 is 10.2 Å². The van der Waals surface area contributed by atoms with E-state index < -0.39 is 0 Å². The summed E-state index contributed by atoms with van der Waals surface area (Å²) < 4.78 is 1.87. The number of likely N-dealkylation sites (tertiary alicyclic amines) is 1. The Bertz CT molecular complexity index is 533. The molecule has 0 radical (unpaired) electrons. The first kappa shape index (κ1) is 16.0. The van der Waals surface area contributed by atoms with Gasteiger partial charge in [0.2, 0.25) is 11.8 Å². The molecule has 0 saturated carbocycles. The number of hydrogen-bond acceptors (Lipinski definition) is 3. The molecule has 0 atom stereocenters. The third kappa shape index (κ3) is 4.12. The summed E-state index contributed by atoms with van der Waals surface area (Å²) in [5.41, 5.74) is 0.269. The van der Waals surface area contributed by atoms with E-state index in [1.165, 1.54) is 0 Å². The summed E-state index contributed by atoms with van der Waals surface area (Å²) in [7, 11) is 0. The summed E-state index contributed by atoms with van der Waals surface area (Å²) in [5.74, 6) is 0.439. The van der Waals surface area contributed by atoms with Crippen LogP contribution in [0.1, 0.15) is 44.9 Å². The zero-order valence-electron chi connectivity index (χ0n) is 13.7. The third-order valence-corrected chi connectivity index (χ3v) is 5.37. The summed E-state index contributed by atoms with van der Waals surface area (Å²) in [6, 6.07) is 1.90. The fraction of sp³-hybridized carbons (Fsp3) is 0.706. The van der Waals surface area contributed by atoms with E-state index in [-0.39, 0.29) is 17.2 Å². The van der Waals surface area contributed by atoms with Gasteiger partial charge in [0, 0.05) is 51.4 Å². The third-order valence-electron chi connectivity index (χ3n) is 5.37. The molecule has 23 heavy (non-hydrogen) atoms. The van der Waals surface area contributed by atoms with E-state index in [9.17, 15) is 9.59 Å². The van der Waals surface area contributed by atoms with Crippen molar-refractivity contribution in [2.75, 3.05) is 19.6 Å². The second-order valence-corrected chi connectivity index (χ2v) is 6.85. The Morgan fingerprint density at radius 1 is 1.26 bits per heavy atom. The van der Waals surface area contributed by atoms with Crippen molar-refractivity contribution in [3.05, 3.63) is 18.5 Å². The summed E-state index contributed by atoms with van der Waals surface area (Å²) >= 11 is 0. The molecule has 2 aliphatic rings. The standard InChI is InChI=1S/C17H26N4O2/c22-15-4-5-17(6-10-18-15)7-13-20(14-8-17)16(23)3-1-11-21-12-2-9-19-21/h2,9,12H,1,3-8,10-11,13-14H2,(H,18,22). The van der Waals surface area contributed by atoms with Gasteiger partial charge in [-0.05, 0) is 43.6 Å². The molecule has 2 saturated heterocycles. The Kier molecular flexibility index (Phi) is 4.98. The van der Waals surface area contributed by atoms with Crippen LogP contribution in [0.2, 0.25) is 0 Å². The molecule has 3 rings (SSSR count). The number of hydrogen-bond donors (Lipinski definition) is 1. The van der Waals surface area contributed by atoms with E-state index in [4.69, 9.17) is 0 Å². The molecule has 0 bridgehead atoms. The number of piperidine rings is 1. The van der Waals surface area contributed by atoms with Crippen LogP contribution in [-0.4, -0.2) is 46.1 Å². The van der Waals surface area contributed by atoms with Gasteiger partial charge in [-0.15, -0.1) is 0 Å². The smallest absolute Gasteiger partial charge is 0.222 e. The summed E-state index contributed by atoms with van der Waals surface area (Å²) in [5, 5.41) is 7.12. The number of aryl methyl sites for hydroxylation is 1. The molecule has 1 aromatic heterocycles. The van der Waals surface area contributed by atoms with Gasteiger partial charge in [0.25, 0.3) is 0 Å². The number of amides is 2. The van der Waals surface area contributed by atoms with Gasteiger partial charge >= 0.3 is 0 Å². The van der Waals surface area contributed by atoms with E-state index in [1.807, 2.05) is 21.8 Å². The van der Waals surface area contributed by atoms with E-state index in [0.717, 1.165) is 58.3 Å². The molecule has 6 heteroatoms. The minimum absolute atomic E-state index is 0.180. The summed E-state index contributed by atoms with van der Waals surface area (Å²) in [6.07, 6.45) is 9.85. The average molecular weight is 318 g/mol. The average Bonchev–Trinajstić information content (AvgIpc) is 3.00. The lowest BCUT2D eigenvalue weighted by Gasteiger charge is -2.41. The lowest BCUT2D eigenvalue weighted by atomic mass is 9.73. The van der Waals surface area contributed by atoms with Crippen molar-refractivity contribution in [2.45, 2.75) is 51.5 Å². The fourth-order valence-corrected chi connectivity index (χ4v) is 3.77. The largest absolute Gasteiger partial charge is 0.356 e. The molecule has 2 fully saturated rings. The zero-order valence-corrected chi connectivity index (χ0v) is 13.7. The maximum Gasteiger partial charge on any atom is 0.222 e. The fourth-order valence-electron chi connectivity index (χ4n) is 3.77. The highest BCUT2D eigenvalue weighted by Gasteiger charge is 2.36. The number of rotatable bonds is 4. The van der Waals surface area contributed by atoms with Crippen molar-refractivity contribution in [1.29, 1.82) is 0 Å². The maximum absolute atomic E-state index is 12.3. The van der Waals surface area contributed by atoms with Gasteiger partial charge in [-0.25, -0.2) is 0 Å². The first-order chi connectivity index (χ1) is 11.2. The van der Waals surface area contributed by atoms with Crippen molar-refractivity contribution in [2.24, 2.45) is 5.41 Å². The molecule has 0 unspecified atom stereocenters. The molecule has 2 aliphatic heterocycles.